The molecule has 2 aromatic rings. The molecule has 2 aromatic carbocycles. The Labute approximate surface area is 157 Å². The predicted molar refractivity (Wildman–Crippen MR) is 103 cm³/mol. The molecule has 27 heavy (non-hydrogen) atoms. The number of amides is 2. The second-order valence-electron chi connectivity index (χ2n) is 6.10. The van der Waals surface area contributed by atoms with Gasteiger partial charge in [-0.1, -0.05) is 12.1 Å². The largest absolute Gasteiger partial charge is 0.423 e. The van der Waals surface area contributed by atoms with E-state index in [0.29, 0.717) is 17.7 Å². The lowest BCUT2D eigenvalue weighted by Crippen LogP contribution is -2.23. The first-order valence-electron chi connectivity index (χ1n) is 8.69. The Morgan fingerprint density at radius 3 is 2.37 bits per heavy atom. The number of nitrogens with zero attached hydrogens (tertiary/aromatic N) is 1. The summed E-state index contributed by atoms with van der Waals surface area (Å²) in [5.74, 6) is -0.139. The molecule has 0 radical (unpaired) electrons. The Balaban J connectivity index is 1.58. The number of hydrogen-bond acceptors (Lipinski definition) is 4. The third kappa shape index (κ3) is 4.61. The van der Waals surface area contributed by atoms with E-state index in [0.717, 1.165) is 24.2 Å². The molecule has 0 atom stereocenters. The number of carbonyl (C=O) groups excluding carboxylic acids is 3. The van der Waals surface area contributed by atoms with Crippen LogP contribution in [0.2, 0.25) is 0 Å². The summed E-state index contributed by atoms with van der Waals surface area (Å²) in [5, 5.41) is 2.55. The van der Waals surface area contributed by atoms with Crippen molar-refractivity contribution in [2.75, 3.05) is 18.5 Å². The first-order valence-corrected chi connectivity index (χ1v) is 8.69. The molecule has 0 unspecified atom stereocenters. The smallest absolute Gasteiger partial charge is 0.336 e. The van der Waals surface area contributed by atoms with Gasteiger partial charge in [-0.2, -0.15) is 0 Å². The zero-order valence-electron chi connectivity index (χ0n) is 15.0. The van der Waals surface area contributed by atoms with E-state index in [1.165, 1.54) is 6.08 Å². The van der Waals surface area contributed by atoms with Gasteiger partial charge in [-0.25, -0.2) is 4.79 Å². The molecule has 6 heteroatoms. The number of nitrogens with one attached hydrogen (secondary N) is 1. The van der Waals surface area contributed by atoms with E-state index in [9.17, 15) is 14.4 Å². The van der Waals surface area contributed by atoms with Crippen molar-refractivity contribution in [2.24, 2.45) is 0 Å². The molecule has 0 spiro atoms. The monoisotopic (exact) mass is 364 g/mol. The summed E-state index contributed by atoms with van der Waals surface area (Å²) in [6.45, 7) is 0.722. The molecule has 1 N–H and O–H groups in total. The highest BCUT2D eigenvalue weighted by atomic mass is 16.5. The van der Waals surface area contributed by atoms with Gasteiger partial charge in [0, 0.05) is 37.3 Å². The van der Waals surface area contributed by atoms with Crippen LogP contribution in [-0.4, -0.2) is 31.4 Å². The Bertz CT molecular complexity index is 870. The van der Waals surface area contributed by atoms with E-state index in [1.54, 1.807) is 66.6 Å². The summed E-state index contributed by atoms with van der Waals surface area (Å²) < 4.78 is 5.27. The van der Waals surface area contributed by atoms with Crippen LogP contribution in [0.1, 0.15) is 28.8 Å². The van der Waals surface area contributed by atoms with Crippen LogP contribution in [0.3, 0.4) is 0 Å². The minimum atomic E-state index is -0.504. The van der Waals surface area contributed by atoms with E-state index in [2.05, 4.69) is 5.32 Å². The summed E-state index contributed by atoms with van der Waals surface area (Å²) in [6.07, 6.45) is 4.39. The second kappa shape index (κ2) is 8.31. The zero-order valence-corrected chi connectivity index (χ0v) is 15.0. The number of hydrogen-bond donors (Lipinski definition) is 1. The van der Waals surface area contributed by atoms with Crippen LogP contribution in [-0.2, 0) is 9.59 Å². The number of esters is 1. The minimum Gasteiger partial charge on any atom is -0.423 e. The van der Waals surface area contributed by atoms with Crippen LogP contribution < -0.4 is 15.0 Å². The highest BCUT2D eigenvalue weighted by Gasteiger charge is 2.21. The summed E-state index contributed by atoms with van der Waals surface area (Å²) in [6, 6.07) is 13.7. The quantitative estimate of drug-likeness (QED) is 0.503. The average Bonchev–Trinajstić information content (AvgIpc) is 3.12. The lowest BCUT2D eigenvalue weighted by Gasteiger charge is -2.15. The molecular weight excluding hydrogens is 344 g/mol. The minimum absolute atomic E-state index is 0.116. The van der Waals surface area contributed by atoms with Crippen LogP contribution in [0, 0.1) is 0 Å². The van der Waals surface area contributed by atoms with E-state index in [1.807, 2.05) is 0 Å². The second-order valence-corrected chi connectivity index (χ2v) is 6.10. The third-order valence-corrected chi connectivity index (χ3v) is 4.25. The van der Waals surface area contributed by atoms with Crippen LogP contribution in [0.15, 0.2) is 54.6 Å². The molecule has 0 bridgehead atoms. The van der Waals surface area contributed by atoms with Crippen LogP contribution in [0.4, 0.5) is 5.69 Å². The fraction of sp³-hybridized carbons (Fsp3) is 0.190. The number of ether oxygens (including phenoxy) is 1. The fourth-order valence-corrected chi connectivity index (χ4v) is 2.82. The van der Waals surface area contributed by atoms with Crippen molar-refractivity contribution < 1.29 is 19.1 Å². The molecular formula is C21H20N2O4. The van der Waals surface area contributed by atoms with Crippen molar-refractivity contribution >= 4 is 29.5 Å². The SMILES string of the molecule is CNC(=O)c1ccc(/C=C/C(=O)Oc2ccc(N3CCCC3=O)cc2)cc1. The molecule has 2 amide bonds. The summed E-state index contributed by atoms with van der Waals surface area (Å²) in [7, 11) is 1.57. The van der Waals surface area contributed by atoms with Gasteiger partial charge in [0.15, 0.2) is 0 Å². The maximum atomic E-state index is 12.0. The Morgan fingerprint density at radius 1 is 1.07 bits per heavy atom. The highest BCUT2D eigenvalue weighted by Crippen LogP contribution is 2.24. The number of anilines is 1. The lowest BCUT2D eigenvalue weighted by molar-refractivity contribution is -0.129. The molecule has 1 aliphatic heterocycles. The molecule has 0 saturated carbocycles. The standard InChI is InChI=1S/C21H20N2O4/c1-22-21(26)16-7-4-15(5-8-16)6-13-20(25)27-18-11-9-17(10-12-18)23-14-2-3-19(23)24/h4-13H,2-3,14H2,1H3,(H,22,26)/b13-6+. The third-order valence-electron chi connectivity index (χ3n) is 4.25. The molecule has 6 nitrogen and oxygen atoms in total. The number of benzene rings is 2. The van der Waals surface area contributed by atoms with Gasteiger partial charge in [-0.3, -0.25) is 9.59 Å². The molecule has 3 rings (SSSR count). The van der Waals surface area contributed by atoms with Crippen LogP contribution in [0.25, 0.3) is 6.08 Å². The zero-order chi connectivity index (χ0) is 19.2. The van der Waals surface area contributed by atoms with Gasteiger partial charge in [-0.05, 0) is 54.5 Å². The van der Waals surface area contributed by atoms with Crippen molar-refractivity contribution in [2.45, 2.75) is 12.8 Å². The van der Waals surface area contributed by atoms with Crippen molar-refractivity contribution in [3.8, 4) is 5.75 Å². The lowest BCUT2D eigenvalue weighted by atomic mass is 10.1. The van der Waals surface area contributed by atoms with Crippen molar-refractivity contribution in [3.05, 3.63) is 65.7 Å². The van der Waals surface area contributed by atoms with Crippen molar-refractivity contribution in [1.82, 2.24) is 5.32 Å². The van der Waals surface area contributed by atoms with Crippen LogP contribution >= 0.6 is 0 Å². The van der Waals surface area contributed by atoms with E-state index < -0.39 is 5.97 Å². The summed E-state index contributed by atoms with van der Waals surface area (Å²) >= 11 is 0. The topological polar surface area (TPSA) is 75.7 Å². The first kappa shape index (κ1) is 18.4. The van der Waals surface area contributed by atoms with Gasteiger partial charge in [0.2, 0.25) is 5.91 Å². The summed E-state index contributed by atoms with van der Waals surface area (Å²) in [4.78, 5) is 36.9. The Morgan fingerprint density at radius 2 is 1.78 bits per heavy atom. The van der Waals surface area contributed by atoms with Gasteiger partial charge in [0.25, 0.3) is 5.91 Å². The van der Waals surface area contributed by atoms with Gasteiger partial charge in [-0.15, -0.1) is 0 Å². The van der Waals surface area contributed by atoms with E-state index >= 15 is 0 Å². The Hall–Kier alpha value is -3.41. The van der Waals surface area contributed by atoms with Gasteiger partial charge >= 0.3 is 5.97 Å². The van der Waals surface area contributed by atoms with Gasteiger partial charge in [0.05, 0.1) is 0 Å². The number of carbonyl (C=O) groups is 3. The van der Waals surface area contributed by atoms with E-state index in [4.69, 9.17) is 4.74 Å². The normalized spacial score (nSPS) is 13.8. The summed E-state index contributed by atoms with van der Waals surface area (Å²) in [5.41, 5.74) is 2.14. The van der Waals surface area contributed by atoms with Crippen molar-refractivity contribution in [3.63, 3.8) is 0 Å². The molecule has 1 aliphatic rings. The molecule has 0 aromatic heterocycles. The molecule has 1 fully saturated rings. The van der Waals surface area contributed by atoms with Gasteiger partial charge < -0.3 is 15.0 Å². The molecule has 1 heterocycles. The Kier molecular flexibility index (Phi) is 5.66. The predicted octanol–water partition coefficient (Wildman–Crippen LogP) is 2.79. The molecule has 1 saturated heterocycles. The van der Waals surface area contributed by atoms with Gasteiger partial charge in [0.1, 0.15) is 5.75 Å². The van der Waals surface area contributed by atoms with Crippen molar-refractivity contribution in [1.29, 1.82) is 0 Å². The maximum Gasteiger partial charge on any atom is 0.336 e. The highest BCUT2D eigenvalue weighted by molar-refractivity contribution is 5.95. The maximum absolute atomic E-state index is 12.0. The molecule has 0 aliphatic carbocycles. The fourth-order valence-electron chi connectivity index (χ4n) is 2.82. The van der Waals surface area contributed by atoms with E-state index in [-0.39, 0.29) is 11.8 Å². The first-order chi connectivity index (χ1) is 13.1. The van der Waals surface area contributed by atoms with Crippen LogP contribution in [0.5, 0.6) is 5.75 Å². The number of rotatable bonds is 5. The average molecular weight is 364 g/mol. The molecule has 138 valence electrons.